The van der Waals surface area contributed by atoms with Gasteiger partial charge in [-0.25, -0.2) is 4.79 Å². The predicted octanol–water partition coefficient (Wildman–Crippen LogP) is 0.624. The van der Waals surface area contributed by atoms with E-state index >= 15 is 0 Å². The van der Waals surface area contributed by atoms with E-state index in [2.05, 4.69) is 0 Å². The maximum Gasteiger partial charge on any atom is 0.320 e. The average Bonchev–Trinajstić information content (AvgIpc) is 2.24. The first-order valence-corrected chi connectivity index (χ1v) is 5.67. The molecule has 0 aromatic heterocycles. The molecule has 0 radical (unpaired) electrons. The molecule has 1 aliphatic rings. The summed E-state index contributed by atoms with van der Waals surface area (Å²) in [4.78, 5) is 25.8. The zero-order chi connectivity index (χ0) is 13.1. The van der Waals surface area contributed by atoms with Crippen molar-refractivity contribution in [3.63, 3.8) is 0 Å². The number of carbonyl (C=O) groups is 2. The second kappa shape index (κ2) is 5.35. The summed E-state index contributed by atoms with van der Waals surface area (Å²) < 4.78 is 5.34. The van der Waals surface area contributed by atoms with Gasteiger partial charge in [0.25, 0.3) is 0 Å². The number of hydrogen-bond acceptors (Lipinski definition) is 3. The smallest absolute Gasteiger partial charge is 0.320 e. The van der Waals surface area contributed by atoms with Gasteiger partial charge in [-0.05, 0) is 13.8 Å². The van der Waals surface area contributed by atoms with Crippen molar-refractivity contribution in [1.29, 1.82) is 0 Å². The van der Waals surface area contributed by atoms with Gasteiger partial charge in [-0.3, -0.25) is 4.79 Å². The van der Waals surface area contributed by atoms with Gasteiger partial charge in [0.2, 0.25) is 0 Å². The highest BCUT2D eigenvalue weighted by molar-refractivity contribution is 5.76. The number of carbonyl (C=O) groups excluding carboxylic acids is 1. The average molecular weight is 244 g/mol. The lowest BCUT2D eigenvalue weighted by atomic mass is 10.0. The van der Waals surface area contributed by atoms with Crippen molar-refractivity contribution in [2.45, 2.75) is 25.8 Å². The number of carboxylic acid groups (broad SMARTS) is 1. The number of hydrogen-bond donors (Lipinski definition) is 1. The number of nitrogens with zero attached hydrogens (tertiary/aromatic N) is 2. The lowest BCUT2D eigenvalue weighted by molar-refractivity contribution is -0.137. The van der Waals surface area contributed by atoms with Crippen LogP contribution in [-0.2, 0) is 9.53 Å². The van der Waals surface area contributed by atoms with Crippen LogP contribution in [0.5, 0.6) is 0 Å². The SMILES string of the molecule is CN(CCC(=O)O)C(=O)N1CCOCC1(C)C. The number of aliphatic carboxylic acids is 1. The molecule has 98 valence electrons. The van der Waals surface area contributed by atoms with Gasteiger partial charge in [0.15, 0.2) is 0 Å². The monoisotopic (exact) mass is 244 g/mol. The Kier molecular flexibility index (Phi) is 4.34. The minimum atomic E-state index is -0.897. The van der Waals surface area contributed by atoms with Crippen molar-refractivity contribution in [3.8, 4) is 0 Å². The van der Waals surface area contributed by atoms with Crippen molar-refractivity contribution in [3.05, 3.63) is 0 Å². The van der Waals surface area contributed by atoms with Crippen LogP contribution >= 0.6 is 0 Å². The van der Waals surface area contributed by atoms with Crippen LogP contribution in [0, 0.1) is 0 Å². The summed E-state index contributed by atoms with van der Waals surface area (Å²) in [6.45, 7) is 5.68. The largest absolute Gasteiger partial charge is 0.481 e. The fourth-order valence-electron chi connectivity index (χ4n) is 1.78. The molecule has 0 aliphatic carbocycles. The van der Waals surface area contributed by atoms with Gasteiger partial charge < -0.3 is 19.6 Å². The summed E-state index contributed by atoms with van der Waals surface area (Å²) >= 11 is 0. The first-order valence-electron chi connectivity index (χ1n) is 5.67. The minimum absolute atomic E-state index is 0.0347. The Bertz CT molecular complexity index is 304. The zero-order valence-corrected chi connectivity index (χ0v) is 10.6. The molecule has 1 fully saturated rings. The second-order valence-corrected chi connectivity index (χ2v) is 4.86. The first kappa shape index (κ1) is 13.8. The number of urea groups is 1. The lowest BCUT2D eigenvalue weighted by Gasteiger charge is -2.43. The van der Waals surface area contributed by atoms with Crippen LogP contribution in [0.25, 0.3) is 0 Å². The van der Waals surface area contributed by atoms with Gasteiger partial charge in [-0.2, -0.15) is 0 Å². The van der Waals surface area contributed by atoms with Crippen molar-refractivity contribution in [1.82, 2.24) is 9.80 Å². The van der Waals surface area contributed by atoms with E-state index in [0.717, 1.165) is 0 Å². The van der Waals surface area contributed by atoms with Crippen molar-refractivity contribution in [2.24, 2.45) is 0 Å². The molecule has 1 N–H and O–H groups in total. The molecule has 0 unspecified atom stereocenters. The third kappa shape index (κ3) is 3.59. The van der Waals surface area contributed by atoms with Crippen LogP contribution in [0.4, 0.5) is 4.79 Å². The second-order valence-electron chi connectivity index (χ2n) is 4.86. The van der Waals surface area contributed by atoms with E-state index in [1.54, 1.807) is 11.9 Å². The molecule has 0 saturated carbocycles. The lowest BCUT2D eigenvalue weighted by Crippen LogP contribution is -2.58. The van der Waals surface area contributed by atoms with E-state index in [9.17, 15) is 9.59 Å². The predicted molar refractivity (Wildman–Crippen MR) is 61.9 cm³/mol. The zero-order valence-electron chi connectivity index (χ0n) is 10.6. The van der Waals surface area contributed by atoms with Crippen LogP contribution in [-0.4, -0.2) is 65.8 Å². The van der Waals surface area contributed by atoms with Crippen molar-refractivity contribution >= 4 is 12.0 Å². The molecule has 1 heterocycles. The molecular formula is C11H20N2O4. The van der Waals surface area contributed by atoms with E-state index in [-0.39, 0.29) is 24.5 Å². The van der Waals surface area contributed by atoms with Crippen LogP contribution in [0.15, 0.2) is 0 Å². The van der Waals surface area contributed by atoms with Crippen LogP contribution in [0.2, 0.25) is 0 Å². The highest BCUT2D eigenvalue weighted by Gasteiger charge is 2.35. The van der Waals surface area contributed by atoms with E-state index < -0.39 is 5.97 Å². The van der Waals surface area contributed by atoms with Gasteiger partial charge in [-0.1, -0.05) is 0 Å². The highest BCUT2D eigenvalue weighted by atomic mass is 16.5. The number of morpholine rings is 1. The van der Waals surface area contributed by atoms with Gasteiger partial charge in [-0.15, -0.1) is 0 Å². The molecule has 1 rings (SSSR count). The molecule has 6 nitrogen and oxygen atoms in total. The number of rotatable bonds is 3. The molecule has 0 atom stereocenters. The standard InChI is InChI=1S/C11H20N2O4/c1-11(2)8-17-7-6-13(11)10(16)12(3)5-4-9(14)15/h4-8H2,1-3H3,(H,14,15). The molecule has 0 bridgehead atoms. The Morgan fingerprint density at radius 2 is 2.12 bits per heavy atom. The third-order valence-corrected chi connectivity index (χ3v) is 2.86. The molecule has 6 heteroatoms. The molecule has 1 saturated heterocycles. The van der Waals surface area contributed by atoms with E-state index in [4.69, 9.17) is 9.84 Å². The third-order valence-electron chi connectivity index (χ3n) is 2.86. The van der Waals surface area contributed by atoms with Gasteiger partial charge in [0.1, 0.15) is 0 Å². The fraction of sp³-hybridized carbons (Fsp3) is 0.818. The quantitative estimate of drug-likeness (QED) is 0.790. The Labute approximate surface area is 101 Å². The van der Waals surface area contributed by atoms with E-state index in [1.807, 2.05) is 13.8 Å². The van der Waals surface area contributed by atoms with Crippen molar-refractivity contribution < 1.29 is 19.4 Å². The van der Waals surface area contributed by atoms with Gasteiger partial charge in [0, 0.05) is 20.1 Å². The summed E-state index contributed by atoms with van der Waals surface area (Å²) in [6, 6.07) is -0.139. The first-order chi connectivity index (χ1) is 7.84. The summed E-state index contributed by atoms with van der Waals surface area (Å²) in [7, 11) is 1.62. The molecule has 0 aromatic rings. The Morgan fingerprint density at radius 1 is 1.47 bits per heavy atom. The molecular weight excluding hydrogens is 224 g/mol. The van der Waals surface area contributed by atoms with E-state index in [0.29, 0.717) is 19.8 Å². The van der Waals surface area contributed by atoms with E-state index in [1.165, 1.54) is 4.90 Å². The number of amides is 2. The summed E-state index contributed by atoms with van der Waals surface area (Å²) in [5, 5.41) is 8.59. The molecule has 0 aromatic carbocycles. The normalized spacial score (nSPS) is 18.9. The molecule has 0 spiro atoms. The topological polar surface area (TPSA) is 70.1 Å². The van der Waals surface area contributed by atoms with Crippen LogP contribution < -0.4 is 0 Å². The highest BCUT2D eigenvalue weighted by Crippen LogP contribution is 2.20. The fourth-order valence-corrected chi connectivity index (χ4v) is 1.78. The Balaban J connectivity index is 2.58. The van der Waals surface area contributed by atoms with Crippen LogP contribution in [0.1, 0.15) is 20.3 Å². The summed E-state index contributed by atoms with van der Waals surface area (Å²) in [5.41, 5.74) is -0.340. The number of carboxylic acids is 1. The number of ether oxygens (including phenoxy) is 1. The molecule has 1 aliphatic heterocycles. The molecule has 2 amide bonds. The van der Waals surface area contributed by atoms with Crippen molar-refractivity contribution in [2.75, 3.05) is 33.4 Å². The maximum atomic E-state index is 12.1. The molecule has 17 heavy (non-hydrogen) atoms. The minimum Gasteiger partial charge on any atom is -0.481 e. The van der Waals surface area contributed by atoms with Crippen LogP contribution in [0.3, 0.4) is 0 Å². The Morgan fingerprint density at radius 3 is 2.65 bits per heavy atom. The van der Waals surface area contributed by atoms with Gasteiger partial charge >= 0.3 is 12.0 Å². The summed E-state index contributed by atoms with van der Waals surface area (Å²) in [5.74, 6) is -0.897. The maximum absolute atomic E-state index is 12.1. The Hall–Kier alpha value is -1.30. The van der Waals surface area contributed by atoms with Gasteiger partial charge in [0.05, 0.1) is 25.2 Å². The summed E-state index contributed by atoms with van der Waals surface area (Å²) in [6.07, 6.45) is -0.0347.